The lowest BCUT2D eigenvalue weighted by Gasteiger charge is -2.08. The number of para-hydroxylation sites is 1. The Morgan fingerprint density at radius 1 is 1.00 bits per heavy atom. The van der Waals surface area contributed by atoms with Gasteiger partial charge in [0.25, 0.3) is 11.6 Å². The van der Waals surface area contributed by atoms with Gasteiger partial charge in [-0.15, -0.1) is 0 Å². The van der Waals surface area contributed by atoms with Gasteiger partial charge in [0.05, 0.1) is 22.4 Å². The highest BCUT2D eigenvalue weighted by Gasteiger charge is 2.11. The molecule has 4 rings (SSSR count). The second-order valence-corrected chi connectivity index (χ2v) is 6.31. The molecule has 0 aliphatic rings. The maximum atomic E-state index is 12.5. The monoisotopic (exact) mass is 400 g/mol. The first-order chi connectivity index (χ1) is 14.6. The van der Waals surface area contributed by atoms with Crippen molar-refractivity contribution in [3.63, 3.8) is 0 Å². The number of hydrogen-bond donors (Lipinski definition) is 1. The lowest BCUT2D eigenvalue weighted by atomic mass is 10.1. The van der Waals surface area contributed by atoms with Crippen molar-refractivity contribution in [1.82, 2.24) is 9.99 Å². The van der Waals surface area contributed by atoms with E-state index < -0.39 is 4.92 Å². The molecule has 2 aromatic heterocycles. The molecule has 1 amide bonds. The van der Waals surface area contributed by atoms with Crippen LogP contribution in [0, 0.1) is 10.1 Å². The van der Waals surface area contributed by atoms with Gasteiger partial charge in [-0.1, -0.05) is 12.1 Å². The summed E-state index contributed by atoms with van der Waals surface area (Å²) >= 11 is 0. The lowest BCUT2D eigenvalue weighted by Crippen LogP contribution is -2.19. The Bertz CT molecular complexity index is 1210. The van der Waals surface area contributed by atoms with Gasteiger partial charge >= 0.3 is 0 Å². The van der Waals surface area contributed by atoms with Crippen molar-refractivity contribution in [1.29, 1.82) is 0 Å². The number of nitrogens with zero attached hydrogens (tertiary/aromatic N) is 3. The van der Waals surface area contributed by atoms with E-state index in [1.54, 1.807) is 36.4 Å². The molecule has 0 fully saturated rings. The van der Waals surface area contributed by atoms with Crippen molar-refractivity contribution in [3.8, 4) is 17.0 Å². The van der Waals surface area contributed by atoms with Crippen LogP contribution in [-0.2, 0) is 0 Å². The largest absolute Gasteiger partial charge is 0.455 e. The summed E-state index contributed by atoms with van der Waals surface area (Å²) in [7, 11) is 0. The van der Waals surface area contributed by atoms with Crippen LogP contribution in [0.25, 0.3) is 17.0 Å². The van der Waals surface area contributed by atoms with E-state index in [-0.39, 0.29) is 11.6 Å². The summed E-state index contributed by atoms with van der Waals surface area (Å²) in [6, 6.07) is 20.4. The summed E-state index contributed by atoms with van der Waals surface area (Å²) in [5.74, 6) is 0.621. The quantitative estimate of drug-likeness (QED) is 0.294. The van der Waals surface area contributed by atoms with E-state index in [0.717, 1.165) is 5.69 Å². The van der Waals surface area contributed by atoms with E-state index in [9.17, 15) is 14.9 Å². The normalized spacial score (nSPS) is 10.9. The first-order valence-electron chi connectivity index (χ1n) is 9.02. The minimum Gasteiger partial charge on any atom is -0.455 e. The maximum Gasteiger partial charge on any atom is 0.273 e. The highest BCUT2D eigenvalue weighted by Crippen LogP contribution is 2.24. The van der Waals surface area contributed by atoms with Crippen molar-refractivity contribution in [3.05, 3.63) is 107 Å². The molecule has 30 heavy (non-hydrogen) atoms. The van der Waals surface area contributed by atoms with Gasteiger partial charge in [-0.3, -0.25) is 14.9 Å². The number of hydrazone groups is 1. The topological polar surface area (TPSA) is 103 Å². The van der Waals surface area contributed by atoms with Crippen molar-refractivity contribution in [2.45, 2.75) is 0 Å². The number of nitrogens with one attached hydrogen (secondary N) is 1. The zero-order chi connectivity index (χ0) is 20.9. The Labute approximate surface area is 171 Å². The van der Waals surface area contributed by atoms with Gasteiger partial charge in [0.1, 0.15) is 11.5 Å². The van der Waals surface area contributed by atoms with Crippen LogP contribution in [-0.4, -0.2) is 21.6 Å². The molecule has 148 valence electrons. The standard InChI is InChI=1S/C22H16N4O4/c27-22(19-5-1-2-6-20(19)25-13-3-4-14-25)24-23-15-18-11-12-21(30-18)16-7-9-17(10-8-16)26(28)29/h1-15H,(H,24,27)/b23-15+. The van der Waals surface area contributed by atoms with Crippen LogP contribution >= 0.6 is 0 Å². The minimum atomic E-state index is -0.457. The van der Waals surface area contributed by atoms with Crippen molar-refractivity contribution in [2.24, 2.45) is 5.10 Å². The number of nitro benzene ring substituents is 1. The molecule has 0 unspecified atom stereocenters. The molecule has 2 heterocycles. The molecule has 0 radical (unpaired) electrons. The summed E-state index contributed by atoms with van der Waals surface area (Å²) in [5, 5.41) is 14.7. The highest BCUT2D eigenvalue weighted by atomic mass is 16.6. The zero-order valence-corrected chi connectivity index (χ0v) is 15.6. The number of amides is 1. The van der Waals surface area contributed by atoms with Crippen LogP contribution in [0.3, 0.4) is 0 Å². The molecule has 0 aliphatic carbocycles. The van der Waals surface area contributed by atoms with Gasteiger partial charge in [0.15, 0.2) is 0 Å². The van der Waals surface area contributed by atoms with E-state index in [0.29, 0.717) is 22.6 Å². The van der Waals surface area contributed by atoms with Crippen molar-refractivity contribution >= 4 is 17.8 Å². The predicted octanol–water partition coefficient (Wildman–Crippen LogP) is 4.41. The van der Waals surface area contributed by atoms with Gasteiger partial charge in [0, 0.05) is 30.1 Å². The molecule has 0 spiro atoms. The van der Waals surface area contributed by atoms with Gasteiger partial charge < -0.3 is 8.98 Å². The molecular formula is C22H16N4O4. The average Bonchev–Trinajstić information content (AvgIpc) is 3.46. The summed E-state index contributed by atoms with van der Waals surface area (Å²) < 4.78 is 7.51. The number of hydrogen-bond acceptors (Lipinski definition) is 5. The van der Waals surface area contributed by atoms with E-state index >= 15 is 0 Å². The minimum absolute atomic E-state index is 0.00926. The van der Waals surface area contributed by atoms with Crippen LogP contribution in [0.5, 0.6) is 0 Å². The number of aromatic nitrogens is 1. The van der Waals surface area contributed by atoms with Crippen LogP contribution in [0.4, 0.5) is 5.69 Å². The number of carbonyl (C=O) groups is 1. The zero-order valence-electron chi connectivity index (χ0n) is 15.6. The van der Waals surface area contributed by atoms with E-state index in [1.165, 1.54) is 18.3 Å². The van der Waals surface area contributed by atoms with E-state index in [4.69, 9.17) is 4.42 Å². The summed E-state index contributed by atoms with van der Waals surface area (Å²) in [5.41, 5.74) is 4.44. The Kier molecular flexibility index (Phi) is 5.21. The third-order valence-corrected chi connectivity index (χ3v) is 4.38. The van der Waals surface area contributed by atoms with Gasteiger partial charge in [0.2, 0.25) is 0 Å². The van der Waals surface area contributed by atoms with Gasteiger partial charge in [-0.2, -0.15) is 5.10 Å². The van der Waals surface area contributed by atoms with Crippen LogP contribution in [0.1, 0.15) is 16.1 Å². The highest BCUT2D eigenvalue weighted by molar-refractivity contribution is 5.98. The Morgan fingerprint density at radius 2 is 1.73 bits per heavy atom. The van der Waals surface area contributed by atoms with Crippen LogP contribution in [0.15, 0.2) is 94.7 Å². The number of furan rings is 1. The molecule has 0 bridgehead atoms. The average molecular weight is 400 g/mol. The third-order valence-electron chi connectivity index (χ3n) is 4.38. The molecule has 0 aliphatic heterocycles. The SMILES string of the molecule is O=C(N/N=C/c1ccc(-c2ccc([N+](=O)[O-])cc2)o1)c1ccccc1-n1cccc1. The third kappa shape index (κ3) is 4.02. The molecule has 8 heteroatoms. The molecule has 1 N–H and O–H groups in total. The van der Waals surface area contributed by atoms with E-state index in [2.05, 4.69) is 10.5 Å². The summed E-state index contributed by atoms with van der Waals surface area (Å²) in [4.78, 5) is 22.8. The Hall–Kier alpha value is -4.46. The Morgan fingerprint density at radius 3 is 2.47 bits per heavy atom. The van der Waals surface area contributed by atoms with Gasteiger partial charge in [-0.05, 0) is 48.5 Å². The molecule has 0 saturated heterocycles. The first-order valence-corrected chi connectivity index (χ1v) is 9.02. The lowest BCUT2D eigenvalue weighted by molar-refractivity contribution is -0.384. The predicted molar refractivity (Wildman–Crippen MR) is 112 cm³/mol. The fourth-order valence-electron chi connectivity index (χ4n) is 2.93. The maximum absolute atomic E-state index is 12.5. The van der Waals surface area contributed by atoms with Crippen molar-refractivity contribution < 1.29 is 14.1 Å². The molecule has 2 aromatic carbocycles. The first kappa shape index (κ1) is 18.9. The second-order valence-electron chi connectivity index (χ2n) is 6.31. The number of rotatable bonds is 6. The number of benzene rings is 2. The summed E-state index contributed by atoms with van der Waals surface area (Å²) in [6.45, 7) is 0. The number of nitro groups is 1. The van der Waals surface area contributed by atoms with Crippen LogP contribution in [0.2, 0.25) is 0 Å². The fraction of sp³-hybridized carbons (Fsp3) is 0. The van der Waals surface area contributed by atoms with Gasteiger partial charge in [-0.25, -0.2) is 5.43 Å². The molecule has 4 aromatic rings. The number of carbonyl (C=O) groups excluding carboxylic acids is 1. The van der Waals surface area contributed by atoms with Crippen molar-refractivity contribution in [2.75, 3.05) is 0 Å². The molecule has 0 atom stereocenters. The fourth-order valence-corrected chi connectivity index (χ4v) is 2.93. The number of non-ortho nitro benzene ring substituents is 1. The molecular weight excluding hydrogens is 384 g/mol. The molecule has 8 nitrogen and oxygen atoms in total. The second kappa shape index (κ2) is 8.27. The Balaban J connectivity index is 1.45. The van der Waals surface area contributed by atoms with Crippen LogP contribution < -0.4 is 5.43 Å². The smallest absolute Gasteiger partial charge is 0.273 e. The van der Waals surface area contributed by atoms with E-state index in [1.807, 2.05) is 41.2 Å². The molecule has 0 saturated carbocycles. The summed E-state index contributed by atoms with van der Waals surface area (Å²) in [6.07, 6.45) is 5.11.